The van der Waals surface area contributed by atoms with E-state index in [9.17, 15) is 4.39 Å². The fraction of sp³-hybridized carbons (Fsp3) is 0.562. The highest BCUT2D eigenvalue weighted by atomic mass is 35.5. The molecule has 21 heavy (non-hydrogen) atoms. The lowest BCUT2D eigenvalue weighted by Gasteiger charge is -2.29. The molecule has 0 bridgehead atoms. The molecule has 1 aromatic heterocycles. The third-order valence-electron chi connectivity index (χ3n) is 4.51. The minimum absolute atomic E-state index is 0.201. The number of halogens is 2. The molecule has 0 unspecified atom stereocenters. The number of aromatic nitrogens is 2. The number of alkyl halides is 1. The molecule has 0 radical (unpaired) electrons. The van der Waals surface area contributed by atoms with Gasteiger partial charge in [0.25, 0.3) is 0 Å². The maximum Gasteiger partial charge on any atom is 0.128 e. The maximum atomic E-state index is 13.7. The van der Waals surface area contributed by atoms with Crippen molar-refractivity contribution in [2.45, 2.75) is 32.2 Å². The van der Waals surface area contributed by atoms with Crippen molar-refractivity contribution in [3.63, 3.8) is 0 Å². The number of hydrogen-bond acceptors (Lipinski definition) is 2. The lowest BCUT2D eigenvalue weighted by Crippen LogP contribution is -2.32. The summed E-state index contributed by atoms with van der Waals surface area (Å²) in [6, 6.07) is 3.41. The number of aryl methyl sites for hydroxylation is 1. The Labute approximate surface area is 129 Å². The largest absolute Gasteiger partial charge is 0.327 e. The molecule has 3 rings (SSSR count). The van der Waals surface area contributed by atoms with Crippen molar-refractivity contribution in [2.75, 3.05) is 20.1 Å². The van der Waals surface area contributed by atoms with E-state index >= 15 is 0 Å². The Bertz CT molecular complexity index is 644. The van der Waals surface area contributed by atoms with Crippen LogP contribution in [0, 0.1) is 18.7 Å². The van der Waals surface area contributed by atoms with Crippen LogP contribution >= 0.6 is 11.6 Å². The zero-order valence-corrected chi connectivity index (χ0v) is 13.3. The number of likely N-dealkylation sites (tertiary alicyclic amines) is 1. The molecule has 0 saturated carbocycles. The second kappa shape index (κ2) is 5.93. The third-order valence-corrected chi connectivity index (χ3v) is 4.75. The zero-order valence-electron chi connectivity index (χ0n) is 12.6. The Hall–Kier alpha value is -1.13. The minimum atomic E-state index is -0.201. The molecule has 2 heterocycles. The summed E-state index contributed by atoms with van der Waals surface area (Å²) in [6.07, 6.45) is 2.39. The molecule has 114 valence electrons. The van der Waals surface area contributed by atoms with Crippen LogP contribution in [0.1, 0.15) is 24.2 Å². The first-order valence-corrected chi connectivity index (χ1v) is 8.01. The van der Waals surface area contributed by atoms with Gasteiger partial charge in [0, 0.05) is 12.6 Å². The smallest absolute Gasteiger partial charge is 0.128 e. The highest BCUT2D eigenvalue weighted by molar-refractivity contribution is 6.16. The highest BCUT2D eigenvalue weighted by Crippen LogP contribution is 2.25. The molecule has 2 aromatic rings. The van der Waals surface area contributed by atoms with Crippen molar-refractivity contribution in [1.82, 2.24) is 14.5 Å². The highest BCUT2D eigenvalue weighted by Gasteiger charge is 2.20. The average Bonchev–Trinajstić information content (AvgIpc) is 2.79. The van der Waals surface area contributed by atoms with E-state index in [1.807, 2.05) is 6.07 Å². The Morgan fingerprint density at radius 2 is 2.05 bits per heavy atom. The van der Waals surface area contributed by atoms with Crippen LogP contribution in [0.4, 0.5) is 4.39 Å². The first-order valence-electron chi connectivity index (χ1n) is 7.48. The first-order chi connectivity index (χ1) is 10.1. The monoisotopic (exact) mass is 309 g/mol. The predicted octanol–water partition coefficient (Wildman–Crippen LogP) is 3.56. The fourth-order valence-electron chi connectivity index (χ4n) is 3.11. The quantitative estimate of drug-likeness (QED) is 0.808. The van der Waals surface area contributed by atoms with Crippen molar-refractivity contribution in [2.24, 2.45) is 5.92 Å². The van der Waals surface area contributed by atoms with Gasteiger partial charge in [-0.2, -0.15) is 0 Å². The van der Waals surface area contributed by atoms with E-state index in [1.54, 1.807) is 6.92 Å². The molecule has 1 aliphatic heterocycles. The van der Waals surface area contributed by atoms with E-state index in [0.29, 0.717) is 22.9 Å². The lowest BCUT2D eigenvalue weighted by molar-refractivity contribution is 0.205. The number of piperidine rings is 1. The third kappa shape index (κ3) is 2.92. The number of fused-ring (bicyclic) bond motifs is 1. The van der Waals surface area contributed by atoms with Crippen LogP contribution in [-0.4, -0.2) is 34.6 Å². The lowest BCUT2D eigenvalue weighted by atomic mass is 9.97. The van der Waals surface area contributed by atoms with Crippen LogP contribution < -0.4 is 0 Å². The predicted molar refractivity (Wildman–Crippen MR) is 84.2 cm³/mol. The summed E-state index contributed by atoms with van der Waals surface area (Å²) in [5, 5.41) is 0. The van der Waals surface area contributed by atoms with Gasteiger partial charge in [0.15, 0.2) is 0 Å². The van der Waals surface area contributed by atoms with Crippen LogP contribution in [0.25, 0.3) is 11.0 Å². The molecule has 0 amide bonds. The van der Waals surface area contributed by atoms with Gasteiger partial charge in [0.2, 0.25) is 0 Å². The van der Waals surface area contributed by atoms with E-state index in [2.05, 4.69) is 21.5 Å². The van der Waals surface area contributed by atoms with E-state index in [0.717, 1.165) is 31.0 Å². The molecule has 3 nitrogen and oxygen atoms in total. The van der Waals surface area contributed by atoms with Crippen LogP contribution in [0.2, 0.25) is 0 Å². The number of benzene rings is 1. The molecule has 1 fully saturated rings. The summed E-state index contributed by atoms with van der Waals surface area (Å²) >= 11 is 6.04. The second-order valence-corrected chi connectivity index (χ2v) is 6.38. The number of rotatable bonds is 3. The molecular formula is C16H21ClFN3. The minimum Gasteiger partial charge on any atom is -0.327 e. The normalized spacial score (nSPS) is 17.7. The molecule has 0 spiro atoms. The molecular weight excluding hydrogens is 289 g/mol. The second-order valence-electron chi connectivity index (χ2n) is 6.11. The van der Waals surface area contributed by atoms with Gasteiger partial charge in [-0.15, -0.1) is 11.6 Å². The van der Waals surface area contributed by atoms with Crippen LogP contribution in [-0.2, 0) is 12.4 Å². The zero-order chi connectivity index (χ0) is 15.0. The van der Waals surface area contributed by atoms with Gasteiger partial charge in [-0.25, -0.2) is 9.37 Å². The molecule has 1 aromatic carbocycles. The SMILES string of the molecule is Cc1cc2c(cc1F)nc(CCl)n2CC1CCN(C)CC1. The van der Waals surface area contributed by atoms with Crippen molar-refractivity contribution < 1.29 is 4.39 Å². The van der Waals surface area contributed by atoms with Gasteiger partial charge in [-0.3, -0.25) is 0 Å². The van der Waals surface area contributed by atoms with Crippen molar-refractivity contribution >= 4 is 22.6 Å². The van der Waals surface area contributed by atoms with Crippen LogP contribution in [0.5, 0.6) is 0 Å². The standard InChI is InChI=1S/C16H21ClFN3/c1-11-7-15-14(8-13(11)18)19-16(9-17)21(15)10-12-3-5-20(2)6-4-12/h7-8,12H,3-6,9-10H2,1-2H3. The number of hydrogen-bond donors (Lipinski definition) is 0. The van der Waals surface area contributed by atoms with E-state index in [-0.39, 0.29) is 5.82 Å². The molecule has 0 N–H and O–H groups in total. The van der Waals surface area contributed by atoms with Crippen molar-refractivity contribution in [3.8, 4) is 0 Å². The van der Waals surface area contributed by atoms with Gasteiger partial charge < -0.3 is 9.47 Å². The van der Waals surface area contributed by atoms with Gasteiger partial charge in [0.05, 0.1) is 16.9 Å². The van der Waals surface area contributed by atoms with E-state index in [4.69, 9.17) is 11.6 Å². The topological polar surface area (TPSA) is 21.1 Å². The fourth-order valence-corrected chi connectivity index (χ4v) is 3.31. The van der Waals surface area contributed by atoms with Crippen molar-refractivity contribution in [1.29, 1.82) is 0 Å². The van der Waals surface area contributed by atoms with Gasteiger partial charge in [-0.1, -0.05) is 0 Å². The first kappa shape index (κ1) is 14.8. The Morgan fingerprint density at radius 3 is 2.71 bits per heavy atom. The van der Waals surface area contributed by atoms with Crippen LogP contribution in [0.15, 0.2) is 12.1 Å². The van der Waals surface area contributed by atoms with E-state index in [1.165, 1.54) is 18.9 Å². The summed E-state index contributed by atoms with van der Waals surface area (Å²) in [5.74, 6) is 1.65. The average molecular weight is 310 g/mol. The molecule has 0 aliphatic carbocycles. The van der Waals surface area contributed by atoms with Gasteiger partial charge in [0.1, 0.15) is 11.6 Å². The molecule has 0 atom stereocenters. The summed E-state index contributed by atoms with van der Waals surface area (Å²) in [6.45, 7) is 5.00. The summed E-state index contributed by atoms with van der Waals surface area (Å²) in [4.78, 5) is 6.86. The molecule has 1 aliphatic rings. The number of imidazole rings is 1. The summed E-state index contributed by atoms with van der Waals surface area (Å²) in [7, 11) is 2.17. The Morgan fingerprint density at radius 1 is 1.33 bits per heavy atom. The summed E-state index contributed by atoms with van der Waals surface area (Å²) < 4.78 is 15.9. The van der Waals surface area contributed by atoms with E-state index < -0.39 is 0 Å². The van der Waals surface area contributed by atoms with Gasteiger partial charge >= 0.3 is 0 Å². The Kier molecular flexibility index (Phi) is 4.18. The summed E-state index contributed by atoms with van der Waals surface area (Å²) in [5.41, 5.74) is 2.37. The molecule has 5 heteroatoms. The van der Waals surface area contributed by atoms with Crippen LogP contribution in [0.3, 0.4) is 0 Å². The maximum absolute atomic E-state index is 13.7. The van der Waals surface area contributed by atoms with Crippen molar-refractivity contribution in [3.05, 3.63) is 29.3 Å². The Balaban J connectivity index is 1.94. The molecule has 1 saturated heterocycles. The number of nitrogens with zero attached hydrogens (tertiary/aromatic N) is 3. The van der Waals surface area contributed by atoms with Gasteiger partial charge in [-0.05, 0) is 57.5 Å².